The number of aliphatic hydroxyl groups is 1. The van der Waals surface area contributed by atoms with Crippen molar-refractivity contribution < 1.29 is 53.9 Å². The Kier molecular flexibility index (Phi) is 10.4. The summed E-state index contributed by atoms with van der Waals surface area (Å²) in [6, 6.07) is -1.42. The number of ether oxygens (including phenoxy) is 1. The zero-order chi connectivity index (χ0) is 25.4. The van der Waals surface area contributed by atoms with Crippen LogP contribution in [0.25, 0.3) is 0 Å². The monoisotopic (exact) mass is 463 g/mol. The fourth-order valence-corrected chi connectivity index (χ4v) is 2.86. The van der Waals surface area contributed by atoms with Gasteiger partial charge in [0.1, 0.15) is 5.54 Å². The van der Waals surface area contributed by atoms with Gasteiger partial charge in [0.15, 0.2) is 11.4 Å². The van der Waals surface area contributed by atoms with Crippen molar-refractivity contribution in [2.45, 2.75) is 62.8 Å². The van der Waals surface area contributed by atoms with Crippen molar-refractivity contribution in [2.75, 3.05) is 7.11 Å². The van der Waals surface area contributed by atoms with Gasteiger partial charge in [0.2, 0.25) is 5.91 Å². The van der Waals surface area contributed by atoms with E-state index in [1.165, 1.54) is 14.0 Å². The highest BCUT2D eigenvalue weighted by molar-refractivity contribution is 5.98. The van der Waals surface area contributed by atoms with Crippen LogP contribution in [0.3, 0.4) is 0 Å². The number of esters is 1. The number of ketones is 1. The van der Waals surface area contributed by atoms with Gasteiger partial charge in [0.05, 0.1) is 32.0 Å². The summed E-state index contributed by atoms with van der Waals surface area (Å²) < 4.78 is 4.61. The van der Waals surface area contributed by atoms with Crippen molar-refractivity contribution in [2.24, 2.45) is 17.4 Å². The molecule has 1 saturated carbocycles. The summed E-state index contributed by atoms with van der Waals surface area (Å²) in [5.41, 5.74) is 7.30. The number of hydrogen-bond acceptors (Lipinski definition) is 10. The van der Waals surface area contributed by atoms with E-state index >= 15 is 0 Å². The molecule has 1 aliphatic rings. The number of methoxy groups -OCH3 is 1. The van der Waals surface area contributed by atoms with Gasteiger partial charge in [-0.25, -0.2) is 4.79 Å². The number of hydrogen-bond donors (Lipinski definition) is 7. The molecule has 0 heterocycles. The molecule has 1 amide bonds. The van der Waals surface area contributed by atoms with Gasteiger partial charge in [-0.3, -0.25) is 24.0 Å². The number of amides is 1. The van der Waals surface area contributed by atoms with Gasteiger partial charge in [-0.1, -0.05) is 0 Å². The summed E-state index contributed by atoms with van der Waals surface area (Å²) in [6.07, 6.45) is -1.36. The number of carbonyl (C=O) groups excluding carboxylic acids is 3. The quantitative estimate of drug-likeness (QED) is 0.165. The van der Waals surface area contributed by atoms with Crippen molar-refractivity contribution in [3.8, 4) is 0 Å². The van der Waals surface area contributed by atoms with E-state index in [-0.39, 0.29) is 5.78 Å². The number of rotatable bonds is 10. The van der Waals surface area contributed by atoms with E-state index in [2.05, 4.69) is 10.1 Å². The number of nitrogens with one attached hydrogen (secondary N) is 1. The van der Waals surface area contributed by atoms with Crippen LogP contribution in [0, 0.1) is 5.92 Å². The number of carboxylic acids is 3. The van der Waals surface area contributed by atoms with Crippen LogP contribution in [-0.4, -0.2) is 86.3 Å². The number of carbonyl (C=O) groups is 6. The van der Waals surface area contributed by atoms with Crippen LogP contribution < -0.4 is 16.8 Å². The Labute approximate surface area is 182 Å². The maximum atomic E-state index is 12.2. The third-order valence-electron chi connectivity index (χ3n) is 4.86. The molecule has 0 radical (unpaired) electrons. The molecule has 0 aromatic rings. The van der Waals surface area contributed by atoms with E-state index in [0.717, 1.165) is 0 Å². The normalized spacial score (nSPS) is 21.5. The largest absolute Gasteiger partial charge is 0.481 e. The minimum Gasteiger partial charge on any atom is -0.481 e. The van der Waals surface area contributed by atoms with E-state index in [1.807, 2.05) is 0 Å². The molecule has 1 fully saturated rings. The summed E-state index contributed by atoms with van der Waals surface area (Å²) in [4.78, 5) is 65.7. The zero-order valence-corrected chi connectivity index (χ0v) is 17.9. The highest BCUT2D eigenvalue weighted by atomic mass is 16.5. The minimum atomic E-state index is -2.74. The first-order chi connectivity index (χ1) is 14.5. The van der Waals surface area contributed by atoms with Crippen molar-refractivity contribution >= 4 is 35.6 Å². The molecule has 182 valence electrons. The average molecular weight is 463 g/mol. The lowest BCUT2D eigenvalue weighted by Gasteiger charge is -2.43. The molecule has 14 heteroatoms. The molecular weight excluding hydrogens is 434 g/mol. The predicted molar refractivity (Wildman–Crippen MR) is 105 cm³/mol. The molecule has 14 nitrogen and oxygen atoms in total. The molecule has 0 aliphatic heterocycles. The van der Waals surface area contributed by atoms with Gasteiger partial charge < -0.3 is 41.9 Å². The van der Waals surface area contributed by atoms with Crippen molar-refractivity contribution in [1.82, 2.24) is 5.32 Å². The van der Waals surface area contributed by atoms with Crippen LogP contribution in [0.15, 0.2) is 0 Å². The summed E-state index contributed by atoms with van der Waals surface area (Å²) in [6.45, 7) is 3.08. The molecular formula is C18H29N3O11. The fraction of sp³-hybridized carbons (Fsp3) is 0.667. The lowest BCUT2D eigenvalue weighted by molar-refractivity contribution is -0.170. The summed E-state index contributed by atoms with van der Waals surface area (Å²) in [5.74, 6) is -6.92. The zero-order valence-electron chi connectivity index (χ0n) is 17.9. The molecule has 2 unspecified atom stereocenters. The topological polar surface area (TPSA) is 257 Å². The van der Waals surface area contributed by atoms with Crippen LogP contribution in [0.1, 0.15) is 39.5 Å². The lowest BCUT2D eigenvalue weighted by Crippen LogP contribution is -2.66. The third kappa shape index (κ3) is 7.55. The Hall–Kier alpha value is -3.10. The summed E-state index contributed by atoms with van der Waals surface area (Å²) in [7, 11) is 1.23. The smallest absolute Gasteiger partial charge is 0.336 e. The minimum absolute atomic E-state index is 0.270. The van der Waals surface area contributed by atoms with Crippen molar-refractivity contribution in [3.05, 3.63) is 0 Å². The second-order valence-corrected chi connectivity index (χ2v) is 7.52. The molecule has 0 saturated heterocycles. The van der Waals surface area contributed by atoms with Crippen LogP contribution in [0.5, 0.6) is 0 Å². The van der Waals surface area contributed by atoms with E-state index in [9.17, 15) is 28.8 Å². The SMILES string of the molecule is COC(=O)C1(N)CCC1C(=O)[C@H](C)NC(=O)[C@H](C)N.O=C(O)CC(O)(CC(=O)O)C(=O)O. The third-order valence-corrected chi connectivity index (χ3v) is 4.86. The number of carboxylic acid groups (broad SMARTS) is 3. The van der Waals surface area contributed by atoms with Gasteiger partial charge in [0, 0.05) is 5.92 Å². The molecule has 0 spiro atoms. The van der Waals surface area contributed by atoms with Crippen molar-refractivity contribution in [3.63, 3.8) is 0 Å². The Morgan fingerprint density at radius 3 is 1.84 bits per heavy atom. The number of nitrogens with two attached hydrogens (primary N) is 2. The molecule has 1 aliphatic carbocycles. The standard InChI is InChI=1S/C12H21N3O4.C6H8O7/c1-6(13)10(17)15-7(2)9(16)8-4-5-12(8,14)11(18)19-3;7-3(8)1-6(13,5(11)12)2-4(9)10/h6-8H,4-5,13-14H2,1-3H3,(H,15,17);13H,1-2H2,(H,7,8)(H,9,10)(H,11,12)/t6-,7-,8?,12?;/m0./s1. The van der Waals surface area contributed by atoms with E-state index in [0.29, 0.717) is 12.8 Å². The molecule has 32 heavy (non-hydrogen) atoms. The second kappa shape index (κ2) is 11.5. The summed E-state index contributed by atoms with van der Waals surface area (Å²) >= 11 is 0. The van der Waals surface area contributed by atoms with Crippen LogP contribution >= 0.6 is 0 Å². The summed E-state index contributed by atoms with van der Waals surface area (Å²) in [5, 5.41) is 36.3. The molecule has 0 aromatic carbocycles. The first kappa shape index (κ1) is 28.9. The Morgan fingerprint density at radius 2 is 1.56 bits per heavy atom. The maximum Gasteiger partial charge on any atom is 0.336 e. The maximum absolute atomic E-state index is 12.2. The van der Waals surface area contributed by atoms with Crippen LogP contribution in [0.2, 0.25) is 0 Å². The highest BCUT2D eigenvalue weighted by Crippen LogP contribution is 2.38. The van der Waals surface area contributed by atoms with Gasteiger partial charge in [0.25, 0.3) is 0 Å². The van der Waals surface area contributed by atoms with Gasteiger partial charge >= 0.3 is 23.9 Å². The van der Waals surface area contributed by atoms with Gasteiger partial charge in [-0.2, -0.15) is 0 Å². The average Bonchev–Trinajstić information content (AvgIpc) is 2.64. The Bertz CT molecular complexity index is 751. The molecule has 4 atom stereocenters. The van der Waals surface area contributed by atoms with Crippen LogP contribution in [-0.2, 0) is 33.5 Å². The Balaban J connectivity index is 0.000000649. The van der Waals surface area contributed by atoms with Gasteiger partial charge in [-0.15, -0.1) is 0 Å². The predicted octanol–water partition coefficient (Wildman–Crippen LogP) is -2.56. The second-order valence-electron chi connectivity index (χ2n) is 7.52. The molecule has 1 rings (SSSR count). The molecule has 9 N–H and O–H groups in total. The Morgan fingerprint density at radius 1 is 1.09 bits per heavy atom. The van der Waals surface area contributed by atoms with E-state index < -0.39 is 71.8 Å². The van der Waals surface area contributed by atoms with Crippen LogP contribution in [0.4, 0.5) is 0 Å². The molecule has 0 bridgehead atoms. The highest BCUT2D eigenvalue weighted by Gasteiger charge is 2.54. The lowest BCUT2D eigenvalue weighted by atomic mass is 9.64. The first-order valence-electron chi connectivity index (χ1n) is 9.38. The fourth-order valence-electron chi connectivity index (χ4n) is 2.86. The van der Waals surface area contributed by atoms with Gasteiger partial charge in [-0.05, 0) is 26.7 Å². The van der Waals surface area contributed by atoms with E-state index in [4.69, 9.17) is 31.9 Å². The first-order valence-corrected chi connectivity index (χ1v) is 9.38. The molecule has 0 aromatic heterocycles. The van der Waals surface area contributed by atoms with E-state index in [1.54, 1.807) is 6.92 Å². The number of Topliss-reactive ketones (excluding diaryl/α,β-unsaturated/α-hetero) is 1. The van der Waals surface area contributed by atoms with Crippen molar-refractivity contribution in [1.29, 1.82) is 0 Å². The number of aliphatic carboxylic acids is 3.